The van der Waals surface area contributed by atoms with Gasteiger partial charge in [0, 0.05) is 15.8 Å². The van der Waals surface area contributed by atoms with Crippen molar-refractivity contribution in [2.45, 2.75) is 19.5 Å². The summed E-state index contributed by atoms with van der Waals surface area (Å²) >= 11 is 3.02. The van der Waals surface area contributed by atoms with Gasteiger partial charge in [0.1, 0.15) is 11.4 Å². The molecule has 0 radical (unpaired) electrons. The van der Waals surface area contributed by atoms with E-state index in [-0.39, 0.29) is 24.1 Å². The summed E-state index contributed by atoms with van der Waals surface area (Å²) < 4.78 is 1.39. The van der Waals surface area contributed by atoms with Gasteiger partial charge in [0.05, 0.1) is 17.8 Å². The number of nitrogens with one attached hydrogen (secondary N) is 1. The van der Waals surface area contributed by atoms with Gasteiger partial charge in [-0.05, 0) is 29.5 Å². The summed E-state index contributed by atoms with van der Waals surface area (Å²) in [5.41, 5.74) is 3.76. The van der Waals surface area contributed by atoms with E-state index in [4.69, 9.17) is 0 Å². The zero-order valence-corrected chi connectivity index (χ0v) is 19.5. The van der Waals surface area contributed by atoms with Crippen LogP contribution < -0.4 is 10.9 Å². The minimum atomic E-state index is -0.268. The van der Waals surface area contributed by atoms with Crippen LogP contribution in [0.3, 0.4) is 0 Å². The van der Waals surface area contributed by atoms with E-state index in [2.05, 4.69) is 10.3 Å². The van der Waals surface area contributed by atoms with Crippen molar-refractivity contribution >= 4 is 38.8 Å². The molecule has 0 aliphatic rings. The second kappa shape index (κ2) is 9.13. The molecule has 33 heavy (non-hydrogen) atoms. The number of hydrogen-bond acceptors (Lipinski definition) is 5. The lowest BCUT2D eigenvalue weighted by Crippen LogP contribution is -2.35. The third-order valence-electron chi connectivity index (χ3n) is 5.50. The van der Waals surface area contributed by atoms with E-state index in [0.717, 1.165) is 27.1 Å². The Balaban J connectivity index is 1.44. The van der Waals surface area contributed by atoms with Gasteiger partial charge in [0.25, 0.3) is 5.56 Å². The number of aryl methyl sites for hydroxylation is 1. The van der Waals surface area contributed by atoms with E-state index in [1.165, 1.54) is 22.2 Å². The van der Waals surface area contributed by atoms with Crippen molar-refractivity contribution in [3.63, 3.8) is 0 Å². The van der Waals surface area contributed by atoms with Gasteiger partial charge in [0.2, 0.25) is 5.91 Å². The molecule has 1 unspecified atom stereocenters. The molecule has 0 saturated heterocycles. The van der Waals surface area contributed by atoms with Crippen LogP contribution in [0.2, 0.25) is 0 Å². The molecule has 0 bridgehead atoms. The monoisotopic (exact) mass is 471 g/mol. The van der Waals surface area contributed by atoms with Crippen molar-refractivity contribution in [1.82, 2.24) is 14.9 Å². The van der Waals surface area contributed by atoms with Crippen molar-refractivity contribution in [2.24, 2.45) is 0 Å². The summed E-state index contributed by atoms with van der Waals surface area (Å²) in [6.07, 6.45) is 1.46. The number of carbonyl (C=O) groups is 1. The highest BCUT2D eigenvalue weighted by Gasteiger charge is 2.19. The van der Waals surface area contributed by atoms with Crippen LogP contribution in [0.15, 0.2) is 88.6 Å². The average Bonchev–Trinajstić information content (AvgIpc) is 3.51. The molecule has 5 aromatic rings. The van der Waals surface area contributed by atoms with Crippen LogP contribution >= 0.6 is 22.7 Å². The van der Waals surface area contributed by atoms with Crippen LogP contribution in [0.5, 0.6) is 0 Å². The molecule has 7 heteroatoms. The van der Waals surface area contributed by atoms with Crippen LogP contribution in [0.4, 0.5) is 0 Å². The molecule has 1 amide bonds. The highest BCUT2D eigenvalue weighted by atomic mass is 32.1. The Labute approximate surface area is 199 Å². The number of thiophene rings is 2. The molecule has 1 N–H and O–H groups in total. The number of rotatable bonds is 6. The second-order valence-electron chi connectivity index (χ2n) is 7.80. The predicted octanol–water partition coefficient (Wildman–Crippen LogP) is 5.40. The number of carbonyl (C=O) groups excluding carboxylic acids is 1. The Morgan fingerprint density at radius 2 is 1.82 bits per heavy atom. The summed E-state index contributed by atoms with van der Waals surface area (Å²) in [7, 11) is 0. The maximum absolute atomic E-state index is 13.3. The smallest absolute Gasteiger partial charge is 0.263 e. The normalized spacial score (nSPS) is 12.0. The van der Waals surface area contributed by atoms with Gasteiger partial charge in [-0.25, -0.2) is 4.98 Å². The topological polar surface area (TPSA) is 64.0 Å². The Morgan fingerprint density at radius 1 is 1.03 bits per heavy atom. The molecule has 0 spiro atoms. The first kappa shape index (κ1) is 21.3. The number of nitrogens with zero attached hydrogens (tertiary/aromatic N) is 2. The lowest BCUT2D eigenvalue weighted by Gasteiger charge is -2.18. The van der Waals surface area contributed by atoms with Crippen LogP contribution in [0.25, 0.3) is 21.3 Å². The predicted molar refractivity (Wildman–Crippen MR) is 135 cm³/mol. The van der Waals surface area contributed by atoms with Gasteiger partial charge in [-0.1, -0.05) is 66.2 Å². The van der Waals surface area contributed by atoms with E-state index in [1.54, 1.807) is 11.3 Å². The molecule has 0 fully saturated rings. The van der Waals surface area contributed by atoms with Gasteiger partial charge < -0.3 is 5.32 Å². The first-order chi connectivity index (χ1) is 16.1. The van der Waals surface area contributed by atoms with Crippen LogP contribution in [-0.2, 0) is 11.3 Å². The Hall–Kier alpha value is -3.55. The van der Waals surface area contributed by atoms with Crippen molar-refractivity contribution in [2.75, 3.05) is 0 Å². The largest absolute Gasteiger partial charge is 0.343 e. The molecule has 0 aliphatic heterocycles. The maximum Gasteiger partial charge on any atom is 0.263 e. The van der Waals surface area contributed by atoms with E-state index < -0.39 is 0 Å². The fraction of sp³-hybridized carbons (Fsp3) is 0.115. The SMILES string of the molecule is Cc1ccc(-c2csc3ncn(CC(=O)NC(c4ccccc4)c4cccs4)c(=O)c23)cc1. The number of fused-ring (bicyclic) bond motifs is 1. The summed E-state index contributed by atoms with van der Waals surface area (Å²) in [6.45, 7) is 1.93. The van der Waals surface area contributed by atoms with Crippen LogP contribution in [-0.4, -0.2) is 15.5 Å². The summed E-state index contributed by atoms with van der Waals surface area (Å²) in [5, 5.41) is 7.59. The van der Waals surface area contributed by atoms with Crippen molar-refractivity contribution in [1.29, 1.82) is 0 Å². The first-order valence-corrected chi connectivity index (χ1v) is 12.3. The number of hydrogen-bond donors (Lipinski definition) is 1. The lowest BCUT2D eigenvalue weighted by molar-refractivity contribution is -0.122. The Bertz CT molecular complexity index is 1450. The molecule has 5 rings (SSSR count). The zero-order valence-electron chi connectivity index (χ0n) is 17.9. The van der Waals surface area contributed by atoms with Gasteiger partial charge >= 0.3 is 0 Å². The van der Waals surface area contributed by atoms with Gasteiger partial charge in [-0.2, -0.15) is 0 Å². The van der Waals surface area contributed by atoms with Crippen molar-refractivity contribution in [3.05, 3.63) is 110 Å². The minimum Gasteiger partial charge on any atom is -0.343 e. The molecule has 5 nitrogen and oxygen atoms in total. The molecule has 3 aromatic heterocycles. The van der Waals surface area contributed by atoms with Crippen LogP contribution in [0, 0.1) is 6.92 Å². The van der Waals surface area contributed by atoms with E-state index >= 15 is 0 Å². The highest BCUT2D eigenvalue weighted by Crippen LogP contribution is 2.31. The van der Waals surface area contributed by atoms with E-state index in [1.807, 2.05) is 84.4 Å². The van der Waals surface area contributed by atoms with Gasteiger partial charge in [-0.15, -0.1) is 22.7 Å². The number of amides is 1. The summed E-state index contributed by atoms with van der Waals surface area (Å²) in [6, 6.07) is 21.6. The molecule has 1 atom stereocenters. The molecular formula is C26H21N3O2S2. The summed E-state index contributed by atoms with van der Waals surface area (Å²) in [5.74, 6) is -0.243. The van der Waals surface area contributed by atoms with E-state index in [0.29, 0.717) is 10.2 Å². The first-order valence-electron chi connectivity index (χ1n) is 10.5. The second-order valence-corrected chi connectivity index (χ2v) is 9.64. The quantitative estimate of drug-likeness (QED) is 0.361. The zero-order chi connectivity index (χ0) is 22.8. The van der Waals surface area contributed by atoms with Crippen LogP contribution in [0.1, 0.15) is 22.0 Å². The van der Waals surface area contributed by atoms with Crippen molar-refractivity contribution in [3.8, 4) is 11.1 Å². The fourth-order valence-electron chi connectivity index (χ4n) is 3.81. The Morgan fingerprint density at radius 3 is 2.55 bits per heavy atom. The van der Waals surface area contributed by atoms with Crippen molar-refractivity contribution < 1.29 is 4.79 Å². The molecule has 0 saturated carbocycles. The highest BCUT2D eigenvalue weighted by molar-refractivity contribution is 7.17. The molecule has 164 valence electrons. The van der Waals surface area contributed by atoms with Gasteiger partial charge in [-0.3, -0.25) is 14.2 Å². The lowest BCUT2D eigenvalue weighted by atomic mass is 10.0. The van der Waals surface area contributed by atoms with Gasteiger partial charge in [0.15, 0.2) is 0 Å². The standard InChI is InChI=1S/C26H21N3O2S2/c1-17-9-11-18(12-10-17)20-15-33-25-23(20)26(31)29(16-27-25)14-22(30)28-24(21-8-5-13-32-21)19-6-3-2-4-7-19/h2-13,15-16,24H,14H2,1H3,(H,28,30). The minimum absolute atomic E-state index is 0.0976. The summed E-state index contributed by atoms with van der Waals surface area (Å²) in [4.78, 5) is 32.5. The molecule has 3 heterocycles. The van der Waals surface area contributed by atoms with E-state index in [9.17, 15) is 9.59 Å². The Kier molecular flexibility index (Phi) is 5.90. The molecule has 0 aliphatic carbocycles. The molecule has 2 aromatic carbocycles. The average molecular weight is 472 g/mol. The fourth-order valence-corrected chi connectivity index (χ4v) is 5.52. The number of aromatic nitrogens is 2. The number of benzene rings is 2. The maximum atomic E-state index is 13.3. The molecular weight excluding hydrogens is 450 g/mol. The third kappa shape index (κ3) is 4.37. The third-order valence-corrected chi connectivity index (χ3v) is 7.33.